The second-order valence-corrected chi connectivity index (χ2v) is 6.63. The van der Waals surface area contributed by atoms with Gasteiger partial charge in [-0.05, 0) is 36.6 Å². The van der Waals surface area contributed by atoms with Crippen LogP contribution in [-0.2, 0) is 11.3 Å². The number of carbonyl (C=O) groups is 1. The van der Waals surface area contributed by atoms with Crippen LogP contribution in [0.25, 0.3) is 0 Å². The maximum absolute atomic E-state index is 13.1. The van der Waals surface area contributed by atoms with Crippen LogP contribution in [0.1, 0.15) is 65.5 Å². The van der Waals surface area contributed by atoms with Crippen LogP contribution < -0.4 is 0 Å². The monoisotopic (exact) mass is 345 g/mol. The van der Waals surface area contributed by atoms with Crippen LogP contribution in [0.2, 0.25) is 0 Å². The van der Waals surface area contributed by atoms with Gasteiger partial charge in [-0.3, -0.25) is 9.63 Å². The van der Waals surface area contributed by atoms with Crippen LogP contribution in [0.4, 0.5) is 4.39 Å². The highest BCUT2D eigenvalue weighted by Gasteiger charge is 2.26. The molecule has 2 aromatic rings. The summed E-state index contributed by atoms with van der Waals surface area (Å²) in [6, 6.07) is 8.32. The van der Waals surface area contributed by atoms with Crippen LogP contribution in [0.15, 0.2) is 34.7 Å². The van der Waals surface area contributed by atoms with E-state index in [2.05, 4.69) is 0 Å². The summed E-state index contributed by atoms with van der Waals surface area (Å²) in [7, 11) is 3.01. The van der Waals surface area contributed by atoms with Crippen molar-refractivity contribution in [3.8, 4) is 0 Å². The van der Waals surface area contributed by atoms with Gasteiger partial charge in [-0.25, -0.2) is 9.45 Å². The number of carbonyl (C=O) groups excluding carboxylic acids is 1. The lowest BCUT2D eigenvalue weighted by Crippen LogP contribution is -2.25. The van der Waals surface area contributed by atoms with E-state index in [1.807, 2.05) is 6.07 Å². The number of rotatable bonds is 5. The predicted molar refractivity (Wildman–Crippen MR) is 92.8 cm³/mol. The number of amides is 1. The zero-order chi connectivity index (χ0) is 17.8. The van der Waals surface area contributed by atoms with Crippen molar-refractivity contribution in [3.63, 3.8) is 0 Å². The fourth-order valence-corrected chi connectivity index (χ4v) is 3.40. The average Bonchev–Trinajstić information content (AvgIpc) is 3.07. The normalized spacial score (nSPS) is 15.3. The largest absolute Gasteiger partial charge is 0.455 e. The Kier molecular flexibility index (Phi) is 5.53. The highest BCUT2D eigenvalue weighted by molar-refractivity contribution is 5.92. The Bertz CT molecular complexity index is 717. The molecule has 0 saturated heterocycles. The van der Waals surface area contributed by atoms with Gasteiger partial charge in [0.2, 0.25) is 0 Å². The minimum absolute atomic E-state index is 0.269. The van der Waals surface area contributed by atoms with E-state index in [0.717, 1.165) is 34.8 Å². The van der Waals surface area contributed by atoms with E-state index in [1.165, 1.54) is 38.5 Å². The third kappa shape index (κ3) is 4.10. The molecule has 5 heteroatoms. The molecule has 0 bridgehead atoms. The fourth-order valence-electron chi connectivity index (χ4n) is 3.40. The topological polar surface area (TPSA) is 42.7 Å². The molecule has 0 unspecified atom stereocenters. The second-order valence-electron chi connectivity index (χ2n) is 6.63. The first kappa shape index (κ1) is 17.7. The molecule has 1 fully saturated rings. The molecule has 1 amide bonds. The lowest BCUT2D eigenvalue weighted by atomic mass is 9.87. The molecule has 1 aromatic carbocycles. The number of benzene rings is 1. The first-order chi connectivity index (χ1) is 12.1. The van der Waals surface area contributed by atoms with Crippen LogP contribution >= 0.6 is 0 Å². The van der Waals surface area contributed by atoms with Crippen LogP contribution in [0.5, 0.6) is 0 Å². The van der Waals surface area contributed by atoms with Crippen LogP contribution in [-0.4, -0.2) is 25.1 Å². The van der Waals surface area contributed by atoms with Crippen molar-refractivity contribution in [1.29, 1.82) is 0 Å². The van der Waals surface area contributed by atoms with E-state index in [9.17, 15) is 9.18 Å². The predicted octanol–water partition coefficient (Wildman–Crippen LogP) is 4.69. The Hall–Kier alpha value is -2.14. The summed E-state index contributed by atoms with van der Waals surface area (Å²) in [6.45, 7) is 0. The standard InChI is InChI=1S/C20H24FNO3/c1-22(24-2)20(23)19-16(12-14-8-10-17(21)11-9-14)13-18(25-19)15-6-4-3-5-7-15/h8-11,13,15H,3-7,12H2,1-2H3. The van der Waals surface area contributed by atoms with Crippen molar-refractivity contribution >= 4 is 5.91 Å². The Morgan fingerprint density at radius 1 is 1.24 bits per heavy atom. The summed E-state index contributed by atoms with van der Waals surface area (Å²) in [5.41, 5.74) is 1.76. The molecule has 1 aliphatic rings. The maximum Gasteiger partial charge on any atom is 0.313 e. The van der Waals surface area contributed by atoms with E-state index in [4.69, 9.17) is 9.25 Å². The molecule has 134 valence electrons. The van der Waals surface area contributed by atoms with Crippen molar-refractivity contribution in [2.75, 3.05) is 14.2 Å². The van der Waals surface area contributed by atoms with Crippen molar-refractivity contribution in [3.05, 3.63) is 58.8 Å². The number of hydroxylamine groups is 2. The molecular weight excluding hydrogens is 321 g/mol. The molecule has 3 rings (SSSR count). The van der Waals surface area contributed by atoms with Crippen molar-refractivity contribution in [1.82, 2.24) is 5.06 Å². The van der Waals surface area contributed by atoms with E-state index in [1.54, 1.807) is 19.2 Å². The van der Waals surface area contributed by atoms with E-state index in [0.29, 0.717) is 18.1 Å². The van der Waals surface area contributed by atoms with Crippen LogP contribution in [0, 0.1) is 5.82 Å². The summed E-state index contributed by atoms with van der Waals surface area (Å²) in [4.78, 5) is 17.6. The lowest BCUT2D eigenvalue weighted by Gasteiger charge is -2.19. The van der Waals surface area contributed by atoms with Gasteiger partial charge in [0.25, 0.3) is 0 Å². The van der Waals surface area contributed by atoms with Crippen molar-refractivity contribution in [2.45, 2.75) is 44.4 Å². The highest BCUT2D eigenvalue weighted by atomic mass is 19.1. The first-order valence-corrected chi connectivity index (χ1v) is 8.77. The third-order valence-corrected chi connectivity index (χ3v) is 4.90. The van der Waals surface area contributed by atoms with E-state index >= 15 is 0 Å². The average molecular weight is 345 g/mol. The van der Waals surface area contributed by atoms with Gasteiger partial charge >= 0.3 is 5.91 Å². The van der Waals surface area contributed by atoms with Gasteiger partial charge in [-0.15, -0.1) is 0 Å². The van der Waals surface area contributed by atoms with E-state index < -0.39 is 0 Å². The van der Waals surface area contributed by atoms with Gasteiger partial charge in [0.05, 0.1) is 7.11 Å². The summed E-state index contributed by atoms with van der Waals surface area (Å²) < 4.78 is 19.1. The number of nitrogens with zero attached hydrogens (tertiary/aromatic N) is 1. The zero-order valence-electron chi connectivity index (χ0n) is 14.8. The van der Waals surface area contributed by atoms with Gasteiger partial charge in [-0.1, -0.05) is 31.4 Å². The quantitative estimate of drug-likeness (QED) is 0.738. The molecule has 1 aliphatic carbocycles. The third-order valence-electron chi connectivity index (χ3n) is 4.90. The maximum atomic E-state index is 13.1. The zero-order valence-corrected chi connectivity index (χ0v) is 14.8. The summed E-state index contributed by atoms with van der Waals surface area (Å²) in [5, 5.41) is 1.16. The van der Waals surface area contributed by atoms with Crippen molar-refractivity contribution in [2.24, 2.45) is 0 Å². The Balaban J connectivity index is 1.91. The Labute approximate surface area is 147 Å². The number of hydrogen-bond acceptors (Lipinski definition) is 3. The molecule has 4 nitrogen and oxygen atoms in total. The van der Waals surface area contributed by atoms with Gasteiger partial charge in [0.15, 0.2) is 5.76 Å². The number of furan rings is 1. The smallest absolute Gasteiger partial charge is 0.313 e. The van der Waals surface area contributed by atoms with Gasteiger partial charge in [0, 0.05) is 24.9 Å². The minimum Gasteiger partial charge on any atom is -0.455 e. The molecule has 0 spiro atoms. The minimum atomic E-state index is -0.304. The van der Waals surface area contributed by atoms with Gasteiger partial charge in [-0.2, -0.15) is 0 Å². The summed E-state index contributed by atoms with van der Waals surface area (Å²) in [6.07, 6.45) is 6.36. The second kappa shape index (κ2) is 7.83. The molecule has 1 aromatic heterocycles. The van der Waals surface area contributed by atoms with E-state index in [-0.39, 0.29) is 11.7 Å². The highest BCUT2D eigenvalue weighted by Crippen LogP contribution is 2.35. The molecule has 1 heterocycles. The fraction of sp³-hybridized carbons (Fsp3) is 0.450. The SMILES string of the molecule is CON(C)C(=O)c1oc(C2CCCCC2)cc1Cc1ccc(F)cc1. The first-order valence-electron chi connectivity index (χ1n) is 8.77. The lowest BCUT2D eigenvalue weighted by molar-refractivity contribution is -0.0775. The summed E-state index contributed by atoms with van der Waals surface area (Å²) in [5.74, 6) is 0.991. The van der Waals surface area contributed by atoms with Gasteiger partial charge in [0.1, 0.15) is 11.6 Å². The Morgan fingerprint density at radius 2 is 1.92 bits per heavy atom. The molecule has 0 N–H and O–H groups in total. The Morgan fingerprint density at radius 3 is 2.56 bits per heavy atom. The molecule has 0 radical (unpaired) electrons. The van der Waals surface area contributed by atoms with Crippen molar-refractivity contribution < 1.29 is 18.4 Å². The van der Waals surface area contributed by atoms with Gasteiger partial charge < -0.3 is 4.42 Å². The molecule has 0 atom stereocenters. The summed E-state index contributed by atoms with van der Waals surface area (Å²) >= 11 is 0. The molecule has 25 heavy (non-hydrogen) atoms. The molecule has 1 saturated carbocycles. The van der Waals surface area contributed by atoms with Crippen LogP contribution in [0.3, 0.4) is 0 Å². The number of hydrogen-bond donors (Lipinski definition) is 0. The molecular formula is C20H24FNO3. The molecule has 0 aliphatic heterocycles. The number of halogens is 1.